The zero-order valence-electron chi connectivity index (χ0n) is 10.5. The fourth-order valence-corrected chi connectivity index (χ4v) is 1.92. The summed E-state index contributed by atoms with van der Waals surface area (Å²) in [5, 5.41) is 0. The third-order valence-electron chi connectivity index (χ3n) is 3.29. The fourth-order valence-electron chi connectivity index (χ4n) is 1.92. The van der Waals surface area contributed by atoms with Gasteiger partial charge < -0.3 is 10.7 Å². The van der Waals surface area contributed by atoms with Gasteiger partial charge in [-0.15, -0.1) is 0 Å². The van der Waals surface area contributed by atoms with Crippen LogP contribution in [0.3, 0.4) is 0 Å². The van der Waals surface area contributed by atoms with Crippen molar-refractivity contribution in [1.29, 1.82) is 0 Å². The van der Waals surface area contributed by atoms with E-state index < -0.39 is 0 Å². The maximum Gasteiger partial charge on any atom is 0.00407 e. The lowest BCUT2D eigenvalue weighted by Gasteiger charge is -2.23. The molecular weight excluding hydrogens is 208 g/mol. The molecular formula is C15H20N2. The van der Waals surface area contributed by atoms with Gasteiger partial charge in [-0.05, 0) is 29.2 Å². The molecule has 1 aromatic heterocycles. The summed E-state index contributed by atoms with van der Waals surface area (Å²) < 4.78 is 0. The molecule has 0 aliphatic rings. The average Bonchev–Trinajstić information content (AvgIpc) is 2.82. The van der Waals surface area contributed by atoms with Gasteiger partial charge in [-0.25, -0.2) is 0 Å². The number of nitrogens with one attached hydrogen (secondary N) is 1. The Bertz CT molecular complexity index is 469. The Morgan fingerprint density at radius 2 is 2.00 bits per heavy atom. The molecule has 0 atom stereocenters. The first-order valence-corrected chi connectivity index (χ1v) is 6.03. The molecule has 0 amide bonds. The van der Waals surface area contributed by atoms with E-state index >= 15 is 0 Å². The minimum absolute atomic E-state index is 0.0498. The minimum atomic E-state index is 0.0498. The highest BCUT2D eigenvalue weighted by Crippen LogP contribution is 2.23. The van der Waals surface area contributed by atoms with Gasteiger partial charge in [-0.2, -0.15) is 0 Å². The molecule has 0 aliphatic heterocycles. The first-order valence-electron chi connectivity index (χ1n) is 6.03. The molecule has 2 aromatic rings. The van der Waals surface area contributed by atoms with Crippen molar-refractivity contribution in [2.75, 3.05) is 6.54 Å². The van der Waals surface area contributed by atoms with E-state index in [-0.39, 0.29) is 5.41 Å². The number of rotatable bonds is 4. The molecule has 3 N–H and O–H groups in total. The van der Waals surface area contributed by atoms with Crippen molar-refractivity contribution in [2.24, 2.45) is 5.73 Å². The highest BCUT2D eigenvalue weighted by Gasteiger charge is 2.18. The van der Waals surface area contributed by atoms with Crippen LogP contribution in [-0.2, 0) is 11.8 Å². The number of aromatic nitrogens is 1. The van der Waals surface area contributed by atoms with Crippen molar-refractivity contribution in [3.63, 3.8) is 0 Å². The van der Waals surface area contributed by atoms with Gasteiger partial charge in [0.15, 0.2) is 0 Å². The first kappa shape index (κ1) is 11.9. The van der Waals surface area contributed by atoms with Gasteiger partial charge in [0.25, 0.3) is 0 Å². The number of hydrogen-bond acceptors (Lipinski definition) is 1. The molecule has 0 unspecified atom stereocenters. The van der Waals surface area contributed by atoms with Gasteiger partial charge in [0, 0.05) is 24.4 Å². The van der Waals surface area contributed by atoms with Gasteiger partial charge >= 0.3 is 0 Å². The van der Waals surface area contributed by atoms with E-state index in [0.29, 0.717) is 6.54 Å². The quantitative estimate of drug-likeness (QED) is 0.830. The molecule has 0 radical (unpaired) electrons. The molecule has 0 aliphatic carbocycles. The van der Waals surface area contributed by atoms with Gasteiger partial charge in [-0.3, -0.25) is 0 Å². The molecule has 2 rings (SSSR count). The van der Waals surface area contributed by atoms with E-state index in [1.54, 1.807) is 0 Å². The van der Waals surface area contributed by atoms with Crippen LogP contribution in [0, 0.1) is 0 Å². The second-order valence-electron chi connectivity index (χ2n) is 5.18. The van der Waals surface area contributed by atoms with Crippen LogP contribution in [0.1, 0.15) is 30.5 Å². The van der Waals surface area contributed by atoms with Crippen LogP contribution in [0.25, 0.3) is 0 Å². The lowest BCUT2D eigenvalue weighted by atomic mass is 9.84. The second kappa shape index (κ2) is 4.76. The summed E-state index contributed by atoms with van der Waals surface area (Å²) in [5.41, 5.74) is 9.83. The monoisotopic (exact) mass is 228 g/mol. The summed E-state index contributed by atoms with van der Waals surface area (Å²) in [5.74, 6) is 0. The zero-order chi connectivity index (χ0) is 12.3. The van der Waals surface area contributed by atoms with E-state index in [1.807, 2.05) is 12.4 Å². The predicted octanol–water partition coefficient (Wildman–Crippen LogP) is 2.84. The van der Waals surface area contributed by atoms with Crippen molar-refractivity contribution in [2.45, 2.75) is 25.7 Å². The Hall–Kier alpha value is -1.54. The smallest absolute Gasteiger partial charge is 0.00407 e. The lowest BCUT2D eigenvalue weighted by molar-refractivity contribution is 0.538. The van der Waals surface area contributed by atoms with Crippen molar-refractivity contribution < 1.29 is 0 Å². The van der Waals surface area contributed by atoms with Gasteiger partial charge in [0.1, 0.15) is 0 Å². The summed E-state index contributed by atoms with van der Waals surface area (Å²) in [6, 6.07) is 10.8. The standard InChI is InChI=1S/C15H20N2/c1-15(2,11-16)14-5-3-4-12(9-14)8-13-6-7-17-10-13/h3-7,9-10,17H,8,11,16H2,1-2H3. The Kier molecular flexibility index (Phi) is 3.34. The van der Waals surface area contributed by atoms with E-state index in [0.717, 1.165) is 6.42 Å². The predicted molar refractivity (Wildman–Crippen MR) is 72.1 cm³/mol. The Morgan fingerprint density at radius 3 is 2.65 bits per heavy atom. The van der Waals surface area contributed by atoms with E-state index in [4.69, 9.17) is 5.73 Å². The maximum atomic E-state index is 5.82. The Morgan fingerprint density at radius 1 is 1.18 bits per heavy atom. The third-order valence-corrected chi connectivity index (χ3v) is 3.29. The van der Waals surface area contributed by atoms with Crippen LogP contribution in [-0.4, -0.2) is 11.5 Å². The number of H-pyrrole nitrogens is 1. The zero-order valence-corrected chi connectivity index (χ0v) is 10.5. The summed E-state index contributed by atoms with van der Waals surface area (Å²) >= 11 is 0. The van der Waals surface area contributed by atoms with E-state index in [1.165, 1.54) is 16.7 Å². The van der Waals surface area contributed by atoms with Gasteiger partial charge in [0.05, 0.1) is 0 Å². The molecule has 2 heteroatoms. The number of nitrogens with two attached hydrogens (primary N) is 1. The van der Waals surface area contributed by atoms with E-state index in [2.05, 4.69) is 49.2 Å². The number of aromatic amines is 1. The number of benzene rings is 1. The molecule has 0 spiro atoms. The van der Waals surface area contributed by atoms with Gasteiger partial charge in [0.2, 0.25) is 0 Å². The highest BCUT2D eigenvalue weighted by molar-refractivity contribution is 5.32. The average molecular weight is 228 g/mol. The molecule has 1 heterocycles. The summed E-state index contributed by atoms with van der Waals surface area (Å²) in [4.78, 5) is 3.09. The molecule has 17 heavy (non-hydrogen) atoms. The normalized spacial score (nSPS) is 11.7. The summed E-state index contributed by atoms with van der Waals surface area (Å²) in [6.07, 6.45) is 4.97. The first-order chi connectivity index (χ1) is 8.12. The van der Waals surface area contributed by atoms with Crippen LogP contribution in [0.5, 0.6) is 0 Å². The van der Waals surface area contributed by atoms with E-state index in [9.17, 15) is 0 Å². The lowest BCUT2D eigenvalue weighted by Crippen LogP contribution is -2.28. The maximum absolute atomic E-state index is 5.82. The summed E-state index contributed by atoms with van der Waals surface area (Å²) in [7, 11) is 0. The van der Waals surface area contributed by atoms with Crippen LogP contribution >= 0.6 is 0 Å². The van der Waals surface area contributed by atoms with Crippen LogP contribution in [0.4, 0.5) is 0 Å². The molecule has 1 aromatic carbocycles. The third kappa shape index (κ3) is 2.77. The SMILES string of the molecule is CC(C)(CN)c1cccc(Cc2cc[nH]c2)c1. The van der Waals surface area contributed by atoms with Crippen molar-refractivity contribution in [3.8, 4) is 0 Å². The molecule has 90 valence electrons. The molecule has 0 saturated heterocycles. The molecule has 2 nitrogen and oxygen atoms in total. The van der Waals surface area contributed by atoms with Crippen LogP contribution < -0.4 is 5.73 Å². The number of hydrogen-bond donors (Lipinski definition) is 2. The second-order valence-corrected chi connectivity index (χ2v) is 5.18. The van der Waals surface area contributed by atoms with Gasteiger partial charge in [-0.1, -0.05) is 38.1 Å². The van der Waals surface area contributed by atoms with Crippen LogP contribution in [0.2, 0.25) is 0 Å². The molecule has 0 fully saturated rings. The van der Waals surface area contributed by atoms with Crippen molar-refractivity contribution >= 4 is 0 Å². The Balaban J connectivity index is 2.23. The molecule has 0 saturated carbocycles. The fraction of sp³-hybridized carbons (Fsp3) is 0.333. The molecule has 0 bridgehead atoms. The topological polar surface area (TPSA) is 41.8 Å². The van der Waals surface area contributed by atoms with Crippen molar-refractivity contribution in [3.05, 3.63) is 59.4 Å². The largest absolute Gasteiger partial charge is 0.367 e. The highest BCUT2D eigenvalue weighted by atomic mass is 14.6. The summed E-state index contributed by atoms with van der Waals surface area (Å²) in [6.45, 7) is 5.03. The van der Waals surface area contributed by atoms with Crippen molar-refractivity contribution in [1.82, 2.24) is 4.98 Å². The minimum Gasteiger partial charge on any atom is -0.367 e. The Labute approximate surface area is 103 Å². The van der Waals surface area contributed by atoms with Crippen LogP contribution in [0.15, 0.2) is 42.7 Å².